The Hall–Kier alpha value is -2.21. The van der Waals surface area contributed by atoms with Crippen LogP contribution in [0.2, 0.25) is 0 Å². The minimum atomic E-state index is -4.14. The highest BCUT2D eigenvalue weighted by molar-refractivity contribution is 7.93. The number of primary sulfonamides is 1. The van der Waals surface area contributed by atoms with Crippen molar-refractivity contribution in [2.75, 3.05) is 22.7 Å². The molecule has 29 heavy (non-hydrogen) atoms. The zero-order valence-electron chi connectivity index (χ0n) is 15.9. The number of hydrogen-bond donors (Lipinski definition) is 2. The second kappa shape index (κ2) is 7.90. The molecule has 0 amide bonds. The Bertz CT molecular complexity index is 1110. The van der Waals surface area contributed by atoms with E-state index in [1.807, 2.05) is 18.7 Å². The van der Waals surface area contributed by atoms with Gasteiger partial charge in [-0.25, -0.2) is 26.4 Å². The third kappa shape index (κ3) is 5.04. The van der Waals surface area contributed by atoms with E-state index in [-0.39, 0.29) is 27.7 Å². The zero-order chi connectivity index (χ0) is 21.4. The molecule has 0 radical (unpaired) electrons. The molecule has 11 heteroatoms. The van der Waals surface area contributed by atoms with Gasteiger partial charge in [-0.2, -0.15) is 0 Å². The Morgan fingerprint density at radius 1 is 1.03 bits per heavy atom. The third-order valence-corrected chi connectivity index (χ3v) is 6.69. The van der Waals surface area contributed by atoms with Crippen molar-refractivity contribution < 1.29 is 26.0 Å². The van der Waals surface area contributed by atoms with E-state index >= 15 is 0 Å². The van der Waals surface area contributed by atoms with E-state index in [1.165, 1.54) is 30.3 Å². The van der Waals surface area contributed by atoms with Gasteiger partial charge in [-0.1, -0.05) is 6.07 Å². The van der Waals surface area contributed by atoms with Crippen LogP contribution in [-0.4, -0.2) is 42.1 Å². The second-order valence-electron chi connectivity index (χ2n) is 6.95. The van der Waals surface area contributed by atoms with E-state index in [9.17, 15) is 21.2 Å². The van der Waals surface area contributed by atoms with E-state index in [2.05, 4.69) is 4.72 Å². The van der Waals surface area contributed by atoms with Gasteiger partial charge in [0.2, 0.25) is 10.0 Å². The molecule has 1 heterocycles. The summed E-state index contributed by atoms with van der Waals surface area (Å²) in [6.45, 7) is 4.84. The zero-order valence-corrected chi connectivity index (χ0v) is 17.5. The summed E-state index contributed by atoms with van der Waals surface area (Å²) in [6.07, 6.45) is -0.107. The average Bonchev–Trinajstić information content (AvgIpc) is 2.60. The number of nitrogens with zero attached hydrogens (tertiary/aromatic N) is 1. The van der Waals surface area contributed by atoms with Crippen molar-refractivity contribution >= 4 is 31.4 Å². The van der Waals surface area contributed by atoms with E-state index in [0.717, 1.165) is 12.1 Å². The predicted molar refractivity (Wildman–Crippen MR) is 107 cm³/mol. The van der Waals surface area contributed by atoms with Gasteiger partial charge in [0.25, 0.3) is 10.0 Å². The summed E-state index contributed by atoms with van der Waals surface area (Å²) in [7, 11) is -8.20. The molecule has 2 unspecified atom stereocenters. The number of morpholine rings is 1. The molecule has 2 aromatic rings. The Morgan fingerprint density at radius 2 is 1.66 bits per heavy atom. The van der Waals surface area contributed by atoms with Gasteiger partial charge in [0.15, 0.2) is 0 Å². The highest BCUT2D eigenvalue weighted by Gasteiger charge is 2.25. The van der Waals surface area contributed by atoms with Gasteiger partial charge >= 0.3 is 0 Å². The summed E-state index contributed by atoms with van der Waals surface area (Å²) in [5.74, 6) is -0.579. The Morgan fingerprint density at radius 3 is 2.24 bits per heavy atom. The van der Waals surface area contributed by atoms with Crippen LogP contribution in [-0.2, 0) is 24.8 Å². The van der Waals surface area contributed by atoms with Crippen LogP contribution in [0.25, 0.3) is 0 Å². The topological polar surface area (TPSA) is 119 Å². The molecule has 1 saturated heterocycles. The first-order chi connectivity index (χ1) is 13.5. The lowest BCUT2D eigenvalue weighted by Gasteiger charge is -2.37. The highest BCUT2D eigenvalue weighted by Crippen LogP contribution is 2.27. The van der Waals surface area contributed by atoms with Crippen molar-refractivity contribution in [3.05, 3.63) is 48.3 Å². The molecule has 1 aliphatic heterocycles. The fourth-order valence-corrected chi connectivity index (χ4v) is 4.96. The standard InChI is InChI=1S/C18H22FN3O5S2/c1-12-10-22(11-13(2)27-12)18-7-6-14(8-17(18)19)21-29(25,26)16-5-3-4-15(9-16)28(20,23)24/h3-9,12-13,21H,10-11H2,1-2H3,(H2,20,23,24). The summed E-state index contributed by atoms with van der Waals surface area (Å²) >= 11 is 0. The normalized spacial score (nSPS) is 20.5. The first-order valence-electron chi connectivity index (χ1n) is 8.81. The molecule has 2 atom stereocenters. The van der Waals surface area contributed by atoms with Crippen LogP contribution < -0.4 is 14.8 Å². The van der Waals surface area contributed by atoms with Crippen LogP contribution in [0.15, 0.2) is 52.3 Å². The van der Waals surface area contributed by atoms with Gasteiger partial charge in [-0.3, -0.25) is 4.72 Å². The van der Waals surface area contributed by atoms with Crippen LogP contribution in [0.1, 0.15) is 13.8 Å². The van der Waals surface area contributed by atoms with Gasteiger partial charge in [0, 0.05) is 19.2 Å². The fraction of sp³-hybridized carbons (Fsp3) is 0.333. The number of hydrogen-bond acceptors (Lipinski definition) is 6. The fourth-order valence-electron chi connectivity index (χ4n) is 3.23. The molecule has 1 fully saturated rings. The first-order valence-corrected chi connectivity index (χ1v) is 11.8. The number of sulfonamides is 2. The van der Waals surface area contributed by atoms with Crippen molar-refractivity contribution in [3.8, 4) is 0 Å². The largest absolute Gasteiger partial charge is 0.372 e. The molecule has 2 aromatic carbocycles. The van der Waals surface area contributed by atoms with Crippen LogP contribution in [0.4, 0.5) is 15.8 Å². The summed E-state index contributed by atoms with van der Waals surface area (Å²) in [6, 6.07) is 8.65. The molecule has 0 spiro atoms. The smallest absolute Gasteiger partial charge is 0.261 e. The number of halogens is 1. The molecule has 1 aliphatic rings. The van der Waals surface area contributed by atoms with Crippen molar-refractivity contribution in [3.63, 3.8) is 0 Å². The Kier molecular flexibility index (Phi) is 5.86. The molecule has 8 nitrogen and oxygen atoms in total. The maximum Gasteiger partial charge on any atom is 0.261 e. The molecular weight excluding hydrogens is 421 g/mol. The van der Waals surface area contributed by atoms with Gasteiger partial charge in [0.05, 0.1) is 33.4 Å². The molecular formula is C18H22FN3O5S2. The molecule has 0 aliphatic carbocycles. The third-order valence-electron chi connectivity index (χ3n) is 4.40. The van der Waals surface area contributed by atoms with E-state index in [0.29, 0.717) is 18.8 Å². The number of nitrogens with one attached hydrogen (secondary N) is 1. The minimum absolute atomic E-state index is 0.0154. The van der Waals surface area contributed by atoms with Crippen LogP contribution in [0.5, 0.6) is 0 Å². The monoisotopic (exact) mass is 443 g/mol. The number of nitrogens with two attached hydrogens (primary N) is 1. The van der Waals surface area contributed by atoms with E-state index < -0.39 is 25.9 Å². The number of ether oxygens (including phenoxy) is 1. The first kappa shape index (κ1) is 21.5. The summed E-state index contributed by atoms with van der Waals surface area (Å²) < 4.78 is 70.6. The molecule has 3 rings (SSSR count). The van der Waals surface area contributed by atoms with Crippen LogP contribution in [0, 0.1) is 5.82 Å². The van der Waals surface area contributed by atoms with Gasteiger partial charge < -0.3 is 9.64 Å². The maximum atomic E-state index is 14.7. The lowest BCUT2D eigenvalue weighted by atomic mass is 10.2. The summed E-state index contributed by atoms with van der Waals surface area (Å²) in [5, 5.41) is 5.04. The van der Waals surface area contributed by atoms with Gasteiger partial charge in [-0.05, 0) is 44.2 Å². The van der Waals surface area contributed by atoms with E-state index in [1.54, 1.807) is 0 Å². The van der Waals surface area contributed by atoms with Gasteiger partial charge in [0.1, 0.15) is 5.82 Å². The molecule has 0 aromatic heterocycles. The number of rotatable bonds is 5. The molecule has 0 saturated carbocycles. The van der Waals surface area contributed by atoms with Crippen LogP contribution in [0.3, 0.4) is 0 Å². The van der Waals surface area contributed by atoms with Crippen molar-refractivity contribution in [2.24, 2.45) is 5.14 Å². The summed E-state index contributed by atoms with van der Waals surface area (Å²) in [4.78, 5) is 1.21. The molecule has 158 valence electrons. The Labute approximate surface area is 169 Å². The number of benzene rings is 2. The number of anilines is 2. The highest BCUT2D eigenvalue weighted by atomic mass is 32.2. The second-order valence-corrected chi connectivity index (χ2v) is 10.2. The average molecular weight is 444 g/mol. The van der Waals surface area contributed by atoms with E-state index in [4.69, 9.17) is 9.88 Å². The minimum Gasteiger partial charge on any atom is -0.372 e. The summed E-state index contributed by atoms with van der Waals surface area (Å²) in [5.41, 5.74) is 0.368. The van der Waals surface area contributed by atoms with Crippen molar-refractivity contribution in [1.29, 1.82) is 0 Å². The SMILES string of the molecule is CC1CN(c2ccc(NS(=O)(=O)c3cccc(S(N)(=O)=O)c3)cc2F)CC(C)O1. The lowest BCUT2D eigenvalue weighted by Crippen LogP contribution is -2.45. The van der Waals surface area contributed by atoms with Crippen molar-refractivity contribution in [1.82, 2.24) is 0 Å². The predicted octanol–water partition coefficient (Wildman–Crippen LogP) is 1.89. The molecule has 3 N–H and O–H groups in total. The van der Waals surface area contributed by atoms with Crippen molar-refractivity contribution in [2.45, 2.75) is 35.8 Å². The lowest BCUT2D eigenvalue weighted by molar-refractivity contribution is -0.00539. The molecule has 0 bridgehead atoms. The quantitative estimate of drug-likeness (QED) is 0.728. The van der Waals surface area contributed by atoms with Crippen LogP contribution >= 0.6 is 0 Å². The maximum absolute atomic E-state index is 14.7. The van der Waals surface area contributed by atoms with Gasteiger partial charge in [-0.15, -0.1) is 0 Å². The Balaban J connectivity index is 1.84.